The summed E-state index contributed by atoms with van der Waals surface area (Å²) in [4.78, 5) is 5.22. The predicted octanol–water partition coefficient (Wildman–Crippen LogP) is 12.9. The van der Waals surface area contributed by atoms with E-state index in [0.717, 1.165) is 28.1 Å². The first-order chi connectivity index (χ1) is 24.7. The van der Waals surface area contributed by atoms with Crippen molar-refractivity contribution in [2.75, 3.05) is 0 Å². The quantitative estimate of drug-likeness (QED) is 0.176. The molecule has 0 N–H and O–H groups in total. The second-order valence-electron chi connectivity index (χ2n) is 13.1. The molecule has 0 atom stereocenters. The van der Waals surface area contributed by atoms with E-state index in [-0.39, 0.29) is 0 Å². The molecule has 0 aliphatic carbocycles. The standard InChI is InChI=1S/C48H32N2/c1-31-13-10-22-37-35(31)21-12-24-43(37)48-49-44-25-8-9-26-45(44)50(48)34-29-27-33(28-30-34)46-39-17-4-6-19-41(39)47(42-20-7-5-18-40(42)46)38-23-11-15-32-14-2-3-16-36(32)38/h2-30H,1H3. The number of hydrogen-bond acceptors (Lipinski definition) is 1. The monoisotopic (exact) mass is 636 g/mol. The van der Waals surface area contributed by atoms with E-state index in [1.807, 2.05) is 0 Å². The maximum Gasteiger partial charge on any atom is 0.146 e. The van der Waals surface area contributed by atoms with Gasteiger partial charge in [0.15, 0.2) is 0 Å². The van der Waals surface area contributed by atoms with Gasteiger partial charge in [0.2, 0.25) is 0 Å². The number of nitrogens with zero attached hydrogens (tertiary/aromatic N) is 2. The third-order valence-electron chi connectivity index (χ3n) is 10.3. The second-order valence-corrected chi connectivity index (χ2v) is 13.1. The molecule has 234 valence electrons. The fourth-order valence-corrected chi connectivity index (χ4v) is 8.08. The van der Waals surface area contributed by atoms with Crippen LogP contribution in [0.2, 0.25) is 0 Å². The molecule has 1 heterocycles. The van der Waals surface area contributed by atoms with Gasteiger partial charge in [0.25, 0.3) is 0 Å². The van der Waals surface area contributed by atoms with Crippen LogP contribution in [0.25, 0.3) is 93.5 Å². The largest absolute Gasteiger partial charge is 0.292 e. The van der Waals surface area contributed by atoms with Crippen molar-refractivity contribution >= 4 is 54.1 Å². The van der Waals surface area contributed by atoms with Crippen LogP contribution in [-0.4, -0.2) is 9.55 Å². The maximum atomic E-state index is 5.22. The molecule has 0 unspecified atom stereocenters. The molecule has 0 radical (unpaired) electrons. The van der Waals surface area contributed by atoms with Gasteiger partial charge in [-0.15, -0.1) is 0 Å². The molecule has 10 rings (SSSR count). The van der Waals surface area contributed by atoms with Gasteiger partial charge >= 0.3 is 0 Å². The van der Waals surface area contributed by atoms with Gasteiger partial charge in [0, 0.05) is 11.3 Å². The van der Waals surface area contributed by atoms with Crippen LogP contribution < -0.4 is 0 Å². The van der Waals surface area contributed by atoms with E-state index in [1.54, 1.807) is 0 Å². The molecule has 0 amide bonds. The lowest BCUT2D eigenvalue weighted by Gasteiger charge is -2.19. The van der Waals surface area contributed by atoms with Crippen molar-refractivity contribution in [3.63, 3.8) is 0 Å². The highest BCUT2D eigenvalue weighted by Gasteiger charge is 2.20. The molecule has 0 bridgehead atoms. The highest BCUT2D eigenvalue weighted by atomic mass is 15.1. The van der Waals surface area contributed by atoms with Gasteiger partial charge < -0.3 is 0 Å². The number of imidazole rings is 1. The molecular weight excluding hydrogens is 605 g/mol. The summed E-state index contributed by atoms with van der Waals surface area (Å²) in [6.07, 6.45) is 0. The van der Waals surface area contributed by atoms with Crippen LogP contribution in [0.5, 0.6) is 0 Å². The number of para-hydroxylation sites is 2. The predicted molar refractivity (Wildman–Crippen MR) is 212 cm³/mol. The van der Waals surface area contributed by atoms with Crippen molar-refractivity contribution in [3.05, 3.63) is 181 Å². The Labute approximate surface area is 290 Å². The van der Waals surface area contributed by atoms with Crippen LogP contribution in [0.3, 0.4) is 0 Å². The summed E-state index contributed by atoms with van der Waals surface area (Å²) >= 11 is 0. The zero-order valence-electron chi connectivity index (χ0n) is 27.6. The molecule has 0 saturated heterocycles. The Kier molecular flexibility index (Phi) is 6.43. The minimum absolute atomic E-state index is 0.950. The maximum absolute atomic E-state index is 5.22. The fourth-order valence-electron chi connectivity index (χ4n) is 8.08. The lowest BCUT2D eigenvalue weighted by atomic mass is 9.85. The van der Waals surface area contributed by atoms with E-state index < -0.39 is 0 Å². The third kappa shape index (κ3) is 4.32. The first kappa shape index (κ1) is 28.5. The Bertz CT molecular complexity index is 2870. The highest BCUT2D eigenvalue weighted by molar-refractivity contribution is 6.23. The molecular formula is C48H32N2. The first-order valence-corrected chi connectivity index (χ1v) is 17.2. The van der Waals surface area contributed by atoms with E-state index in [0.29, 0.717) is 0 Å². The Balaban J connectivity index is 1.19. The molecule has 9 aromatic carbocycles. The van der Waals surface area contributed by atoms with Crippen molar-refractivity contribution in [1.29, 1.82) is 0 Å². The van der Waals surface area contributed by atoms with E-state index in [4.69, 9.17) is 4.98 Å². The summed E-state index contributed by atoms with van der Waals surface area (Å²) < 4.78 is 2.32. The summed E-state index contributed by atoms with van der Waals surface area (Å²) in [5.74, 6) is 0.950. The van der Waals surface area contributed by atoms with Gasteiger partial charge in [0.1, 0.15) is 5.82 Å². The van der Waals surface area contributed by atoms with Gasteiger partial charge in [-0.05, 0) is 102 Å². The van der Waals surface area contributed by atoms with E-state index in [1.165, 1.54) is 70.9 Å². The SMILES string of the molecule is Cc1cccc2c(-c3nc4ccccc4n3-c3ccc(-c4c5ccccc5c(-c5cccc6ccccc56)c5ccccc45)cc3)cccc12. The molecule has 0 aliphatic rings. The van der Waals surface area contributed by atoms with Crippen molar-refractivity contribution in [2.24, 2.45) is 0 Å². The number of aromatic nitrogens is 2. The number of benzene rings is 9. The summed E-state index contributed by atoms with van der Waals surface area (Å²) in [6, 6.07) is 63.8. The van der Waals surface area contributed by atoms with E-state index in [9.17, 15) is 0 Å². The topological polar surface area (TPSA) is 17.8 Å². The lowest BCUT2D eigenvalue weighted by Crippen LogP contribution is -1.98. The molecule has 0 aliphatic heterocycles. The molecule has 2 nitrogen and oxygen atoms in total. The smallest absolute Gasteiger partial charge is 0.146 e. The fraction of sp³-hybridized carbons (Fsp3) is 0.0208. The number of aryl methyl sites for hydroxylation is 1. The lowest BCUT2D eigenvalue weighted by molar-refractivity contribution is 1.11. The van der Waals surface area contributed by atoms with Crippen LogP contribution in [0.15, 0.2) is 176 Å². The minimum Gasteiger partial charge on any atom is -0.292 e. The summed E-state index contributed by atoms with van der Waals surface area (Å²) in [6.45, 7) is 2.18. The van der Waals surface area contributed by atoms with Crippen molar-refractivity contribution in [1.82, 2.24) is 9.55 Å². The number of hydrogen-bond donors (Lipinski definition) is 0. The normalized spacial score (nSPS) is 11.7. The molecule has 2 heteroatoms. The highest BCUT2D eigenvalue weighted by Crippen LogP contribution is 2.45. The molecule has 0 saturated carbocycles. The van der Waals surface area contributed by atoms with Crippen molar-refractivity contribution < 1.29 is 0 Å². The van der Waals surface area contributed by atoms with E-state index in [2.05, 4.69) is 187 Å². The number of rotatable bonds is 4. The first-order valence-electron chi connectivity index (χ1n) is 17.2. The molecule has 1 aromatic heterocycles. The Morgan fingerprint density at radius 1 is 0.400 bits per heavy atom. The summed E-state index contributed by atoms with van der Waals surface area (Å²) in [7, 11) is 0. The van der Waals surface area contributed by atoms with Crippen LogP contribution in [0.1, 0.15) is 5.56 Å². The second kappa shape index (κ2) is 11.3. The Morgan fingerprint density at radius 3 is 1.70 bits per heavy atom. The van der Waals surface area contributed by atoms with Crippen molar-refractivity contribution in [3.8, 4) is 39.3 Å². The molecule has 0 spiro atoms. The minimum atomic E-state index is 0.950. The van der Waals surface area contributed by atoms with Gasteiger partial charge in [0.05, 0.1) is 11.0 Å². The molecule has 0 fully saturated rings. The van der Waals surface area contributed by atoms with Crippen molar-refractivity contribution in [2.45, 2.75) is 6.92 Å². The Morgan fingerprint density at radius 2 is 0.940 bits per heavy atom. The number of fused-ring (bicyclic) bond motifs is 5. The van der Waals surface area contributed by atoms with Crippen LogP contribution in [0.4, 0.5) is 0 Å². The molecule has 10 aromatic rings. The van der Waals surface area contributed by atoms with Gasteiger partial charge in [-0.3, -0.25) is 4.57 Å². The van der Waals surface area contributed by atoms with Gasteiger partial charge in [-0.25, -0.2) is 4.98 Å². The average molecular weight is 637 g/mol. The molecule has 50 heavy (non-hydrogen) atoms. The Hall–Kier alpha value is -6.51. The van der Waals surface area contributed by atoms with E-state index >= 15 is 0 Å². The zero-order valence-corrected chi connectivity index (χ0v) is 27.6. The summed E-state index contributed by atoms with van der Waals surface area (Å²) in [5, 5.41) is 10.0. The van der Waals surface area contributed by atoms with Crippen LogP contribution >= 0.6 is 0 Å². The average Bonchev–Trinajstić information content (AvgIpc) is 3.56. The van der Waals surface area contributed by atoms with Crippen LogP contribution in [-0.2, 0) is 0 Å². The van der Waals surface area contributed by atoms with Gasteiger partial charge in [-0.2, -0.15) is 0 Å². The third-order valence-corrected chi connectivity index (χ3v) is 10.3. The zero-order chi connectivity index (χ0) is 33.2. The van der Waals surface area contributed by atoms with Gasteiger partial charge in [-0.1, -0.05) is 152 Å². The van der Waals surface area contributed by atoms with Crippen LogP contribution in [0, 0.1) is 6.92 Å². The summed E-state index contributed by atoms with van der Waals surface area (Å²) in [5.41, 5.74) is 10.6.